The van der Waals surface area contributed by atoms with Crippen molar-refractivity contribution in [2.24, 2.45) is 0 Å². The Bertz CT molecular complexity index is 290. The van der Waals surface area contributed by atoms with E-state index in [2.05, 4.69) is 0 Å². The van der Waals surface area contributed by atoms with E-state index < -0.39 is 34.9 Å². The van der Waals surface area contributed by atoms with Crippen LogP contribution in [0.5, 0.6) is 0 Å². The lowest BCUT2D eigenvalue weighted by Crippen LogP contribution is -2.20. The van der Waals surface area contributed by atoms with Gasteiger partial charge in [0.1, 0.15) is 0 Å². The van der Waals surface area contributed by atoms with Gasteiger partial charge < -0.3 is 0 Å². The van der Waals surface area contributed by atoms with E-state index in [0.717, 1.165) is 0 Å². The number of carbonyl (C=O) groups is 2. The predicted octanol–water partition coefficient (Wildman–Crippen LogP) is 1.44. The highest BCUT2D eigenvalue weighted by atomic mass is 19.2. The molecule has 0 aromatic heterocycles. The molecule has 6 heteroatoms. The molecule has 1 aliphatic rings. The summed E-state index contributed by atoms with van der Waals surface area (Å²) in [7, 11) is 0. The van der Waals surface area contributed by atoms with Crippen molar-refractivity contribution >= 4 is 11.6 Å². The van der Waals surface area contributed by atoms with Crippen LogP contribution in [0.15, 0.2) is 23.3 Å². The lowest BCUT2D eigenvalue weighted by molar-refractivity contribution is -0.134. The lowest BCUT2D eigenvalue weighted by atomic mass is 10.1. The van der Waals surface area contributed by atoms with Gasteiger partial charge in [-0.15, -0.1) is 0 Å². The third-order valence-electron chi connectivity index (χ3n) is 1.18. The minimum absolute atomic E-state index is 2.01. The van der Waals surface area contributed by atoms with Crippen molar-refractivity contribution in [3.8, 4) is 0 Å². The van der Waals surface area contributed by atoms with Gasteiger partial charge in [0.2, 0.25) is 23.3 Å². The quantitative estimate of drug-likeness (QED) is 0.321. The van der Waals surface area contributed by atoms with Gasteiger partial charge in [-0.25, -0.2) is 8.78 Å². The molecule has 0 unspecified atom stereocenters. The molecule has 0 aromatic rings. The normalized spacial score (nSPS) is 19.3. The molecule has 0 radical (unpaired) electrons. The number of carbonyl (C=O) groups excluding carboxylic acids is 2. The summed E-state index contributed by atoms with van der Waals surface area (Å²) >= 11 is 0. The molecular formula is C6F4O2. The maximum Gasteiger partial charge on any atom is 0.267 e. The standard InChI is InChI=1S/C6F4O2/c7-1-2(8)4(10)6(12)5(11)3(1)9. The lowest BCUT2D eigenvalue weighted by Gasteiger charge is -2.03. The fourth-order valence-electron chi connectivity index (χ4n) is 0.591. The molecule has 0 amide bonds. The van der Waals surface area contributed by atoms with Crippen LogP contribution in [0.3, 0.4) is 0 Å². The second-order valence-electron chi connectivity index (χ2n) is 1.91. The van der Waals surface area contributed by atoms with Crippen molar-refractivity contribution in [2.75, 3.05) is 0 Å². The molecule has 0 aromatic carbocycles. The highest BCUT2D eigenvalue weighted by Gasteiger charge is 2.37. The van der Waals surface area contributed by atoms with E-state index in [-0.39, 0.29) is 0 Å². The van der Waals surface area contributed by atoms with Crippen molar-refractivity contribution in [2.45, 2.75) is 0 Å². The molecule has 0 aliphatic heterocycles. The van der Waals surface area contributed by atoms with E-state index in [1.54, 1.807) is 0 Å². The van der Waals surface area contributed by atoms with Crippen LogP contribution in [0.4, 0.5) is 17.6 Å². The van der Waals surface area contributed by atoms with Crippen LogP contribution in [0.25, 0.3) is 0 Å². The van der Waals surface area contributed by atoms with E-state index in [4.69, 9.17) is 0 Å². The number of halogens is 4. The summed E-state index contributed by atoms with van der Waals surface area (Å²) in [6, 6.07) is 0. The third-order valence-corrected chi connectivity index (χ3v) is 1.18. The first kappa shape index (κ1) is 8.63. The zero-order valence-electron chi connectivity index (χ0n) is 5.33. The number of allylic oxidation sites excluding steroid dienone is 4. The number of hydrogen-bond acceptors (Lipinski definition) is 2. The average Bonchev–Trinajstić information content (AvgIpc) is 2.08. The summed E-state index contributed by atoms with van der Waals surface area (Å²) in [5.41, 5.74) is 0. The largest absolute Gasteiger partial charge is 0.282 e. The smallest absolute Gasteiger partial charge is 0.267 e. The highest BCUT2D eigenvalue weighted by molar-refractivity contribution is 6.49. The van der Waals surface area contributed by atoms with Crippen LogP contribution in [0.2, 0.25) is 0 Å². The van der Waals surface area contributed by atoms with Gasteiger partial charge in [-0.1, -0.05) is 0 Å². The number of rotatable bonds is 0. The summed E-state index contributed by atoms with van der Waals surface area (Å²) < 4.78 is 48.5. The first-order valence-corrected chi connectivity index (χ1v) is 2.66. The molecule has 0 saturated carbocycles. The Morgan fingerprint density at radius 2 is 0.833 bits per heavy atom. The minimum Gasteiger partial charge on any atom is -0.282 e. The van der Waals surface area contributed by atoms with Gasteiger partial charge in [0.05, 0.1) is 0 Å². The molecular weight excluding hydrogens is 180 g/mol. The molecule has 0 fully saturated rings. The molecule has 0 saturated heterocycles. The maximum atomic E-state index is 12.1. The SMILES string of the molecule is O=C1C(=O)C(F)=C(F)C(F)=C1F. The van der Waals surface area contributed by atoms with Crippen LogP contribution in [-0.2, 0) is 9.59 Å². The van der Waals surface area contributed by atoms with Gasteiger partial charge >= 0.3 is 0 Å². The van der Waals surface area contributed by atoms with E-state index in [9.17, 15) is 27.2 Å². The van der Waals surface area contributed by atoms with Crippen LogP contribution in [0.1, 0.15) is 0 Å². The van der Waals surface area contributed by atoms with Gasteiger partial charge in [0.25, 0.3) is 11.6 Å². The summed E-state index contributed by atoms with van der Waals surface area (Å²) in [4.78, 5) is 20.5. The summed E-state index contributed by atoms with van der Waals surface area (Å²) in [5.74, 6) is -12.9. The predicted molar refractivity (Wildman–Crippen MR) is 28.5 cm³/mol. The molecule has 1 rings (SSSR count). The van der Waals surface area contributed by atoms with Crippen LogP contribution in [0, 0.1) is 0 Å². The Balaban J connectivity index is 3.37. The monoisotopic (exact) mass is 180 g/mol. The van der Waals surface area contributed by atoms with Gasteiger partial charge in [0.15, 0.2) is 0 Å². The number of hydrogen-bond donors (Lipinski definition) is 0. The summed E-state index contributed by atoms with van der Waals surface area (Å²) in [6.45, 7) is 0. The molecule has 0 atom stereocenters. The third kappa shape index (κ3) is 0.956. The molecule has 2 nitrogen and oxygen atoms in total. The van der Waals surface area contributed by atoms with Crippen molar-refractivity contribution in [1.29, 1.82) is 0 Å². The Kier molecular flexibility index (Phi) is 1.83. The molecule has 0 heterocycles. The van der Waals surface area contributed by atoms with Crippen molar-refractivity contribution < 1.29 is 27.2 Å². The molecule has 0 spiro atoms. The van der Waals surface area contributed by atoms with Crippen molar-refractivity contribution in [3.05, 3.63) is 23.3 Å². The van der Waals surface area contributed by atoms with E-state index in [1.165, 1.54) is 0 Å². The second kappa shape index (κ2) is 2.54. The summed E-state index contributed by atoms with van der Waals surface area (Å²) in [6.07, 6.45) is 0. The second-order valence-corrected chi connectivity index (χ2v) is 1.91. The Labute approximate surface area is 63.2 Å². The van der Waals surface area contributed by atoms with Gasteiger partial charge in [-0.3, -0.25) is 9.59 Å². The van der Waals surface area contributed by atoms with E-state index in [0.29, 0.717) is 0 Å². The molecule has 0 bridgehead atoms. The zero-order chi connectivity index (χ0) is 9.46. The van der Waals surface area contributed by atoms with Gasteiger partial charge in [0, 0.05) is 0 Å². The van der Waals surface area contributed by atoms with E-state index >= 15 is 0 Å². The fraction of sp³-hybridized carbons (Fsp3) is 0. The number of Topliss-reactive ketones (excluding diaryl/α,β-unsaturated/α-hetero) is 2. The highest BCUT2D eigenvalue weighted by Crippen LogP contribution is 2.29. The first-order valence-electron chi connectivity index (χ1n) is 2.66. The Hall–Kier alpha value is -1.46. The zero-order valence-corrected chi connectivity index (χ0v) is 5.33. The number of ketones is 2. The van der Waals surface area contributed by atoms with Gasteiger partial charge in [-0.05, 0) is 0 Å². The van der Waals surface area contributed by atoms with E-state index in [1.807, 2.05) is 0 Å². The molecule has 1 aliphatic carbocycles. The maximum absolute atomic E-state index is 12.1. The Morgan fingerprint density at radius 3 is 1.08 bits per heavy atom. The van der Waals surface area contributed by atoms with Crippen LogP contribution < -0.4 is 0 Å². The molecule has 64 valence electrons. The fourth-order valence-corrected chi connectivity index (χ4v) is 0.591. The first-order chi connectivity index (χ1) is 5.46. The van der Waals surface area contributed by atoms with Crippen LogP contribution >= 0.6 is 0 Å². The van der Waals surface area contributed by atoms with Gasteiger partial charge in [-0.2, -0.15) is 8.78 Å². The van der Waals surface area contributed by atoms with Crippen molar-refractivity contribution in [1.82, 2.24) is 0 Å². The van der Waals surface area contributed by atoms with Crippen molar-refractivity contribution in [3.63, 3.8) is 0 Å². The minimum atomic E-state index is -2.27. The Morgan fingerprint density at radius 1 is 0.583 bits per heavy atom. The topological polar surface area (TPSA) is 34.1 Å². The van der Waals surface area contributed by atoms with Crippen LogP contribution in [-0.4, -0.2) is 11.6 Å². The molecule has 12 heavy (non-hydrogen) atoms. The average molecular weight is 180 g/mol. The molecule has 0 N–H and O–H groups in total. The summed E-state index contributed by atoms with van der Waals surface area (Å²) in [5, 5.41) is 0.